The van der Waals surface area contributed by atoms with Gasteiger partial charge in [0.2, 0.25) is 0 Å². The summed E-state index contributed by atoms with van der Waals surface area (Å²) in [5.74, 6) is 2.26. The Balaban J connectivity index is 1.76. The van der Waals surface area contributed by atoms with Crippen LogP contribution >= 0.6 is 0 Å². The Bertz CT molecular complexity index is 604. The lowest BCUT2D eigenvalue weighted by molar-refractivity contribution is 0.0251. The minimum atomic E-state index is -0.113. The average molecular weight is 284 g/mol. The molecular formula is C19H24O2. The van der Waals surface area contributed by atoms with Crippen molar-refractivity contribution >= 4 is 5.57 Å². The number of aliphatic hydroxyl groups excluding tert-OH is 1. The van der Waals surface area contributed by atoms with Gasteiger partial charge in [0.05, 0.1) is 13.2 Å². The molecule has 1 aromatic rings. The summed E-state index contributed by atoms with van der Waals surface area (Å²) in [4.78, 5) is 0. The highest BCUT2D eigenvalue weighted by Crippen LogP contribution is 2.58. The van der Waals surface area contributed by atoms with Gasteiger partial charge in [-0.1, -0.05) is 19.1 Å². The summed E-state index contributed by atoms with van der Waals surface area (Å²) in [6, 6.07) is 6.52. The number of rotatable bonds is 1. The lowest BCUT2D eigenvalue weighted by Crippen LogP contribution is -2.40. The SMILES string of the molecule is COc1ccc2c(c1)CC[C@@H]1C2=CC[C@]2(C)[C@@H](O)CC[C@@H]12. The number of fused-ring (bicyclic) bond motifs is 5. The van der Waals surface area contributed by atoms with Gasteiger partial charge in [-0.2, -0.15) is 0 Å². The molecule has 0 heterocycles. The first-order chi connectivity index (χ1) is 10.1. The largest absolute Gasteiger partial charge is 0.497 e. The van der Waals surface area contributed by atoms with Crippen LogP contribution in [0.2, 0.25) is 0 Å². The number of hydrogen-bond donors (Lipinski definition) is 1. The average Bonchev–Trinajstić information content (AvgIpc) is 2.82. The van der Waals surface area contributed by atoms with Crippen LogP contribution in [0.1, 0.15) is 43.7 Å². The molecule has 0 bridgehead atoms. The third-order valence-corrected chi connectivity index (χ3v) is 6.35. The maximum Gasteiger partial charge on any atom is 0.119 e. The zero-order valence-electron chi connectivity index (χ0n) is 12.9. The van der Waals surface area contributed by atoms with Crippen molar-refractivity contribution in [2.45, 2.75) is 45.1 Å². The van der Waals surface area contributed by atoms with E-state index in [0.29, 0.717) is 11.8 Å². The molecule has 0 unspecified atom stereocenters. The fourth-order valence-electron chi connectivity index (χ4n) is 5.05. The lowest BCUT2D eigenvalue weighted by Gasteiger charge is -2.45. The molecule has 21 heavy (non-hydrogen) atoms. The second kappa shape index (κ2) is 4.61. The van der Waals surface area contributed by atoms with Gasteiger partial charge < -0.3 is 9.84 Å². The highest BCUT2D eigenvalue weighted by atomic mass is 16.5. The molecule has 3 aliphatic carbocycles. The standard InChI is InChI=1S/C19H24O2/c1-19-10-9-15-14-6-4-13(21-2)11-12(14)3-5-16(15)17(19)7-8-18(19)20/h4,6,9,11,16-18,20H,3,5,7-8,10H2,1-2H3/t16-,17+,18+,19+/m1/s1. The van der Waals surface area contributed by atoms with Crippen molar-refractivity contribution < 1.29 is 9.84 Å². The molecule has 1 fully saturated rings. The van der Waals surface area contributed by atoms with Gasteiger partial charge in [0, 0.05) is 5.41 Å². The summed E-state index contributed by atoms with van der Waals surface area (Å²) in [5, 5.41) is 10.4. The molecule has 0 amide bonds. The van der Waals surface area contributed by atoms with Crippen molar-refractivity contribution in [3.05, 3.63) is 35.4 Å². The second-order valence-corrected chi connectivity index (χ2v) is 7.24. The Morgan fingerprint density at radius 1 is 1.24 bits per heavy atom. The van der Waals surface area contributed by atoms with Crippen molar-refractivity contribution in [3.8, 4) is 5.75 Å². The number of ether oxygens (including phenoxy) is 1. The maximum absolute atomic E-state index is 10.4. The van der Waals surface area contributed by atoms with Crippen LogP contribution in [0.15, 0.2) is 24.3 Å². The monoisotopic (exact) mass is 284 g/mol. The van der Waals surface area contributed by atoms with E-state index in [4.69, 9.17) is 4.74 Å². The van der Waals surface area contributed by atoms with Crippen LogP contribution in [0.25, 0.3) is 5.57 Å². The van der Waals surface area contributed by atoms with E-state index in [2.05, 4.69) is 31.2 Å². The summed E-state index contributed by atoms with van der Waals surface area (Å²) in [6.45, 7) is 2.30. The zero-order valence-corrected chi connectivity index (χ0v) is 12.9. The molecule has 0 saturated heterocycles. The van der Waals surface area contributed by atoms with Crippen LogP contribution in [0.3, 0.4) is 0 Å². The topological polar surface area (TPSA) is 29.5 Å². The number of methoxy groups -OCH3 is 1. The molecule has 4 rings (SSSR count). The van der Waals surface area contributed by atoms with Gasteiger partial charge in [-0.05, 0) is 72.8 Å². The number of aryl methyl sites for hydroxylation is 1. The smallest absolute Gasteiger partial charge is 0.119 e. The van der Waals surface area contributed by atoms with Crippen LogP contribution in [-0.2, 0) is 6.42 Å². The third-order valence-electron chi connectivity index (χ3n) is 6.35. The Kier molecular flexibility index (Phi) is 2.94. The van der Waals surface area contributed by atoms with Gasteiger partial charge in [0.25, 0.3) is 0 Å². The van der Waals surface area contributed by atoms with Gasteiger partial charge in [-0.3, -0.25) is 0 Å². The molecule has 0 aliphatic heterocycles. The molecule has 1 saturated carbocycles. The molecule has 1 aromatic carbocycles. The van der Waals surface area contributed by atoms with Crippen molar-refractivity contribution in [1.29, 1.82) is 0 Å². The maximum atomic E-state index is 10.4. The van der Waals surface area contributed by atoms with Crippen LogP contribution in [-0.4, -0.2) is 18.3 Å². The minimum absolute atomic E-state index is 0.109. The van der Waals surface area contributed by atoms with Crippen LogP contribution in [0, 0.1) is 17.3 Å². The molecule has 0 radical (unpaired) electrons. The van der Waals surface area contributed by atoms with Gasteiger partial charge in [0.15, 0.2) is 0 Å². The van der Waals surface area contributed by atoms with Gasteiger partial charge in [-0.25, -0.2) is 0 Å². The molecule has 0 aromatic heterocycles. The van der Waals surface area contributed by atoms with Crippen molar-refractivity contribution in [1.82, 2.24) is 0 Å². The van der Waals surface area contributed by atoms with Gasteiger partial charge in [-0.15, -0.1) is 0 Å². The Morgan fingerprint density at radius 2 is 2.10 bits per heavy atom. The van der Waals surface area contributed by atoms with Crippen LogP contribution in [0.4, 0.5) is 0 Å². The number of aliphatic hydroxyl groups is 1. The first-order valence-corrected chi connectivity index (χ1v) is 8.19. The van der Waals surface area contributed by atoms with E-state index in [-0.39, 0.29) is 11.5 Å². The normalized spacial score (nSPS) is 37.3. The fourth-order valence-corrected chi connectivity index (χ4v) is 5.05. The molecule has 0 spiro atoms. The van der Waals surface area contributed by atoms with E-state index in [1.807, 2.05) is 0 Å². The predicted molar refractivity (Wildman–Crippen MR) is 84.2 cm³/mol. The molecule has 3 aliphatic rings. The quantitative estimate of drug-likeness (QED) is 0.849. The van der Waals surface area contributed by atoms with Crippen LogP contribution < -0.4 is 4.74 Å². The molecule has 1 N–H and O–H groups in total. The fraction of sp³-hybridized carbons (Fsp3) is 0.579. The van der Waals surface area contributed by atoms with E-state index in [1.54, 1.807) is 7.11 Å². The predicted octanol–water partition coefficient (Wildman–Crippen LogP) is 3.82. The van der Waals surface area contributed by atoms with Crippen molar-refractivity contribution in [2.75, 3.05) is 7.11 Å². The first-order valence-electron chi connectivity index (χ1n) is 8.19. The summed E-state index contributed by atoms with van der Waals surface area (Å²) in [7, 11) is 1.73. The van der Waals surface area contributed by atoms with E-state index in [0.717, 1.165) is 25.0 Å². The number of hydrogen-bond acceptors (Lipinski definition) is 2. The Labute approximate surface area is 126 Å². The Morgan fingerprint density at radius 3 is 2.90 bits per heavy atom. The van der Waals surface area contributed by atoms with E-state index in [9.17, 15) is 5.11 Å². The minimum Gasteiger partial charge on any atom is -0.497 e. The molecule has 112 valence electrons. The second-order valence-electron chi connectivity index (χ2n) is 7.24. The van der Waals surface area contributed by atoms with Gasteiger partial charge >= 0.3 is 0 Å². The number of benzene rings is 1. The lowest BCUT2D eigenvalue weighted by atomic mass is 9.60. The molecule has 4 atom stereocenters. The van der Waals surface area contributed by atoms with Crippen LogP contribution in [0.5, 0.6) is 5.75 Å². The first kappa shape index (κ1) is 13.4. The highest BCUT2D eigenvalue weighted by molar-refractivity contribution is 5.73. The van der Waals surface area contributed by atoms with E-state index < -0.39 is 0 Å². The summed E-state index contributed by atoms with van der Waals surface area (Å²) < 4.78 is 5.36. The summed E-state index contributed by atoms with van der Waals surface area (Å²) >= 11 is 0. The van der Waals surface area contributed by atoms with Gasteiger partial charge in [0.1, 0.15) is 5.75 Å². The molecular weight excluding hydrogens is 260 g/mol. The summed E-state index contributed by atoms with van der Waals surface area (Å²) in [6.07, 6.45) is 7.85. The van der Waals surface area contributed by atoms with E-state index >= 15 is 0 Å². The highest BCUT2D eigenvalue weighted by Gasteiger charge is 2.51. The molecule has 2 heteroatoms. The third kappa shape index (κ3) is 1.81. The van der Waals surface area contributed by atoms with Crippen molar-refractivity contribution in [2.24, 2.45) is 17.3 Å². The summed E-state index contributed by atoms with van der Waals surface area (Å²) in [5.41, 5.74) is 4.50. The van der Waals surface area contributed by atoms with E-state index in [1.165, 1.54) is 29.5 Å². The van der Waals surface area contributed by atoms with Crippen molar-refractivity contribution in [3.63, 3.8) is 0 Å². The molecule has 2 nitrogen and oxygen atoms in total. The number of allylic oxidation sites excluding steroid dienone is 2. The Hall–Kier alpha value is -1.28. The zero-order chi connectivity index (χ0) is 14.6.